The Morgan fingerprint density at radius 1 is 1.03 bits per heavy atom. The minimum atomic E-state index is -0.502. The summed E-state index contributed by atoms with van der Waals surface area (Å²) in [6, 6.07) is 16.4. The summed E-state index contributed by atoms with van der Waals surface area (Å²) in [6.07, 6.45) is 6.98. The summed E-state index contributed by atoms with van der Waals surface area (Å²) < 4.78 is 13.4. The number of nitrogens with one attached hydrogen (secondary N) is 1. The zero-order chi connectivity index (χ0) is 22.8. The van der Waals surface area contributed by atoms with Gasteiger partial charge in [0.1, 0.15) is 0 Å². The van der Waals surface area contributed by atoms with Gasteiger partial charge in [0.25, 0.3) is 5.91 Å². The fourth-order valence-corrected chi connectivity index (χ4v) is 5.81. The van der Waals surface area contributed by atoms with Crippen LogP contribution in [-0.4, -0.2) is 23.3 Å². The van der Waals surface area contributed by atoms with Crippen molar-refractivity contribution in [3.8, 4) is 0 Å². The number of hydrogen-bond donors (Lipinski definition) is 2. The smallest absolute Gasteiger partial charge is 0.286 e. The molecule has 0 saturated heterocycles. The molecule has 33 heavy (non-hydrogen) atoms. The highest BCUT2D eigenvalue weighted by atomic mass is 127. The molecule has 2 aromatic carbocycles. The molecule has 5 atom stereocenters. The third-order valence-corrected chi connectivity index (χ3v) is 7.99. The molecule has 5 rings (SSSR count). The number of amides is 1. The monoisotopic (exact) mass is 559 g/mol. The molecule has 3 aliphatic rings. The van der Waals surface area contributed by atoms with Crippen LogP contribution >= 0.6 is 22.6 Å². The molecule has 2 bridgehead atoms. The van der Waals surface area contributed by atoms with Crippen molar-refractivity contribution in [1.82, 2.24) is 5.32 Å². The highest BCUT2D eigenvalue weighted by Crippen LogP contribution is 2.44. The lowest BCUT2D eigenvalue weighted by Gasteiger charge is -2.31. The average Bonchev–Trinajstić information content (AvgIpc) is 3.47. The Balaban J connectivity index is 1.29. The zero-order valence-electron chi connectivity index (χ0n) is 18.6. The number of carbonyl (C=O) groups excluding carboxylic acids is 1. The summed E-state index contributed by atoms with van der Waals surface area (Å²) in [5.41, 5.74) is 3.03. The maximum Gasteiger partial charge on any atom is 0.286 e. The molecule has 1 heterocycles. The predicted octanol–water partition coefficient (Wildman–Crippen LogP) is 5.02. The Morgan fingerprint density at radius 2 is 1.79 bits per heavy atom. The molecule has 2 aromatic rings. The van der Waals surface area contributed by atoms with Crippen LogP contribution < -0.4 is 5.32 Å². The van der Waals surface area contributed by atoms with Crippen LogP contribution in [0.2, 0.25) is 0 Å². The van der Waals surface area contributed by atoms with Gasteiger partial charge in [-0.15, -0.1) is 0 Å². The molecule has 2 N–H and O–H groups in total. The molecule has 2 fully saturated rings. The summed E-state index contributed by atoms with van der Waals surface area (Å²) in [7, 11) is 0. The molecule has 0 radical (unpaired) electrons. The lowest BCUT2D eigenvalue weighted by atomic mass is 9.92. The van der Waals surface area contributed by atoms with Crippen LogP contribution in [-0.2, 0) is 27.5 Å². The number of aliphatic hydroxyl groups is 1. The van der Waals surface area contributed by atoms with Crippen molar-refractivity contribution < 1.29 is 19.4 Å². The molecule has 0 spiro atoms. The summed E-state index contributed by atoms with van der Waals surface area (Å²) in [4.78, 5) is 13.2. The Hall–Kier alpha value is -1.90. The number of carbonyl (C=O) groups is 1. The summed E-state index contributed by atoms with van der Waals surface area (Å²) in [5.74, 6) is 1.69. The Labute approximate surface area is 208 Å². The van der Waals surface area contributed by atoms with E-state index in [-0.39, 0.29) is 24.5 Å². The van der Waals surface area contributed by atoms with Crippen molar-refractivity contribution in [2.24, 2.45) is 11.8 Å². The van der Waals surface area contributed by atoms with Crippen LogP contribution in [0.5, 0.6) is 0 Å². The maximum absolute atomic E-state index is 13.2. The van der Waals surface area contributed by atoms with E-state index in [1.54, 1.807) is 0 Å². The van der Waals surface area contributed by atoms with Gasteiger partial charge < -0.3 is 19.9 Å². The zero-order valence-corrected chi connectivity index (χ0v) is 20.7. The van der Waals surface area contributed by atoms with Gasteiger partial charge >= 0.3 is 0 Å². The third-order valence-electron chi connectivity index (χ3n) is 7.28. The van der Waals surface area contributed by atoms with Gasteiger partial charge in [0.2, 0.25) is 6.29 Å². The van der Waals surface area contributed by atoms with Crippen molar-refractivity contribution in [1.29, 1.82) is 0 Å². The molecule has 2 aliphatic carbocycles. The van der Waals surface area contributed by atoms with E-state index >= 15 is 0 Å². The molecule has 6 heteroatoms. The lowest BCUT2D eigenvalue weighted by Crippen LogP contribution is -2.41. The number of benzene rings is 2. The van der Waals surface area contributed by atoms with Crippen LogP contribution in [0.4, 0.5) is 0 Å². The van der Waals surface area contributed by atoms with Crippen molar-refractivity contribution in [2.45, 2.75) is 63.6 Å². The molecular formula is C27H30INO4. The fourth-order valence-electron chi connectivity index (χ4n) is 5.45. The first-order valence-corrected chi connectivity index (χ1v) is 12.9. The third kappa shape index (κ3) is 5.44. The summed E-state index contributed by atoms with van der Waals surface area (Å²) in [5, 5.41) is 12.5. The Kier molecular flexibility index (Phi) is 7.04. The van der Waals surface area contributed by atoms with E-state index in [2.05, 4.69) is 52.2 Å². The van der Waals surface area contributed by atoms with E-state index < -0.39 is 6.29 Å². The Morgan fingerprint density at radius 3 is 2.45 bits per heavy atom. The molecule has 1 aliphatic heterocycles. The van der Waals surface area contributed by atoms with Gasteiger partial charge in [-0.2, -0.15) is 0 Å². The van der Waals surface area contributed by atoms with Crippen molar-refractivity contribution in [3.05, 3.63) is 80.6 Å². The second-order valence-corrected chi connectivity index (χ2v) is 10.8. The normalized spacial score (nSPS) is 28.3. The number of ether oxygens (including phenoxy) is 2. The van der Waals surface area contributed by atoms with Crippen LogP contribution in [0.3, 0.4) is 0 Å². The lowest BCUT2D eigenvalue weighted by molar-refractivity contribution is -0.150. The van der Waals surface area contributed by atoms with Crippen molar-refractivity contribution in [3.63, 3.8) is 0 Å². The van der Waals surface area contributed by atoms with Gasteiger partial charge in [-0.25, -0.2) is 0 Å². The maximum atomic E-state index is 13.2. The van der Waals surface area contributed by atoms with Gasteiger partial charge in [0, 0.05) is 22.0 Å². The van der Waals surface area contributed by atoms with E-state index in [1.165, 1.54) is 22.8 Å². The number of hydrogen-bond acceptors (Lipinski definition) is 4. The van der Waals surface area contributed by atoms with Gasteiger partial charge in [0.15, 0.2) is 5.76 Å². The van der Waals surface area contributed by atoms with E-state index in [4.69, 9.17) is 9.47 Å². The molecular weight excluding hydrogens is 529 g/mol. The highest BCUT2D eigenvalue weighted by molar-refractivity contribution is 14.1. The molecule has 2 saturated carbocycles. The first-order chi connectivity index (χ1) is 16.1. The van der Waals surface area contributed by atoms with Crippen LogP contribution in [0.25, 0.3) is 0 Å². The molecule has 3 unspecified atom stereocenters. The van der Waals surface area contributed by atoms with Gasteiger partial charge in [-0.1, -0.05) is 42.8 Å². The highest BCUT2D eigenvalue weighted by Gasteiger charge is 2.41. The van der Waals surface area contributed by atoms with Crippen molar-refractivity contribution >= 4 is 28.5 Å². The van der Waals surface area contributed by atoms with Crippen LogP contribution in [0.15, 0.2) is 60.4 Å². The largest absolute Gasteiger partial charge is 0.459 e. The number of allylic oxidation sites excluding steroid dienone is 1. The summed E-state index contributed by atoms with van der Waals surface area (Å²) in [6.45, 7) is 0.410. The predicted molar refractivity (Wildman–Crippen MR) is 134 cm³/mol. The van der Waals surface area contributed by atoms with Gasteiger partial charge in [-0.05, 0) is 88.6 Å². The Bertz CT molecular complexity index is 1000. The average molecular weight is 559 g/mol. The number of rotatable bonds is 7. The van der Waals surface area contributed by atoms with Gasteiger partial charge in [0.05, 0.1) is 13.2 Å². The quantitative estimate of drug-likeness (QED) is 0.468. The minimum absolute atomic E-state index is 0.0242. The van der Waals surface area contributed by atoms with Crippen molar-refractivity contribution in [2.75, 3.05) is 0 Å². The first kappa shape index (κ1) is 22.9. The SMILES string of the molecule is O=C(NC1CC2CCC1C2)C1=C[C@H](c2ccc(I)cc2)C[C@H](OCc2ccc(CO)cc2)O1. The number of fused-ring (bicyclic) bond motifs is 2. The molecule has 1 amide bonds. The summed E-state index contributed by atoms with van der Waals surface area (Å²) >= 11 is 2.30. The molecule has 0 aromatic heterocycles. The van der Waals surface area contributed by atoms with E-state index in [0.717, 1.165) is 29.0 Å². The number of aliphatic hydroxyl groups excluding tert-OH is 1. The second kappa shape index (κ2) is 10.2. The first-order valence-electron chi connectivity index (χ1n) is 11.8. The minimum Gasteiger partial charge on any atom is -0.459 e. The topological polar surface area (TPSA) is 67.8 Å². The van der Waals surface area contributed by atoms with Crippen LogP contribution in [0.1, 0.15) is 54.7 Å². The van der Waals surface area contributed by atoms with E-state index in [0.29, 0.717) is 24.7 Å². The van der Waals surface area contributed by atoms with E-state index in [1.807, 2.05) is 30.3 Å². The fraction of sp³-hybridized carbons (Fsp3) is 0.444. The van der Waals surface area contributed by atoms with Crippen LogP contribution in [0, 0.1) is 15.4 Å². The van der Waals surface area contributed by atoms with Gasteiger partial charge in [-0.3, -0.25) is 4.79 Å². The molecule has 5 nitrogen and oxygen atoms in total. The molecule has 174 valence electrons. The number of halogens is 1. The van der Waals surface area contributed by atoms with E-state index in [9.17, 15) is 9.90 Å². The standard InChI is InChI=1S/C27H30INO4/c28-23-9-7-20(8-10-23)22-13-25(27(31)29-24-12-19-5-6-21(24)11-19)33-26(14-22)32-16-18-3-1-17(15-30)2-4-18/h1-4,7-10,13,19,21-22,24,26,30H,5-6,11-12,14-16H2,(H,29,31)/t19?,21?,22-,24?,26+/m0/s1. The second-order valence-electron chi connectivity index (χ2n) is 9.51.